The Kier molecular flexibility index (Phi) is 4.40. The van der Waals surface area contributed by atoms with E-state index in [1.54, 1.807) is 0 Å². The summed E-state index contributed by atoms with van der Waals surface area (Å²) in [6, 6.07) is 5.71. The molecule has 1 aromatic heterocycles. The Morgan fingerprint density at radius 2 is 2.14 bits per heavy atom. The minimum absolute atomic E-state index is 0.151. The number of benzene rings is 1. The molecule has 0 spiro atoms. The lowest BCUT2D eigenvalue weighted by Gasteiger charge is -2.11. The van der Waals surface area contributed by atoms with Crippen molar-refractivity contribution in [2.45, 2.75) is 30.0 Å². The Morgan fingerprint density at radius 3 is 2.86 bits per heavy atom. The van der Waals surface area contributed by atoms with Crippen LogP contribution < -0.4 is 4.74 Å². The highest BCUT2D eigenvalue weighted by Gasteiger charge is 2.27. The van der Waals surface area contributed by atoms with Crippen molar-refractivity contribution in [1.82, 2.24) is 15.2 Å². The Bertz CT molecular complexity index is 586. The van der Waals surface area contributed by atoms with Gasteiger partial charge in [-0.1, -0.05) is 11.8 Å². The average molecular weight is 309 g/mol. The topological polar surface area (TPSA) is 71.0 Å². The maximum absolute atomic E-state index is 12.7. The van der Waals surface area contributed by atoms with Crippen molar-refractivity contribution in [3.8, 4) is 5.75 Å². The van der Waals surface area contributed by atoms with Crippen LogP contribution in [-0.2, 0) is 0 Å². The van der Waals surface area contributed by atoms with E-state index in [1.807, 2.05) is 0 Å². The number of nitrogens with zero attached hydrogens (tertiary/aromatic N) is 2. The smallest absolute Gasteiger partial charge is 0.208 e. The number of halogens is 1. The van der Waals surface area contributed by atoms with Crippen molar-refractivity contribution in [3.05, 3.63) is 35.9 Å². The highest BCUT2D eigenvalue weighted by atomic mass is 32.2. The van der Waals surface area contributed by atoms with E-state index in [9.17, 15) is 9.50 Å². The lowest BCUT2D eigenvalue weighted by Crippen LogP contribution is -2.20. The summed E-state index contributed by atoms with van der Waals surface area (Å²) in [5.41, 5.74) is 0. The van der Waals surface area contributed by atoms with E-state index >= 15 is 0 Å². The van der Waals surface area contributed by atoms with Gasteiger partial charge in [0, 0.05) is 11.7 Å². The van der Waals surface area contributed by atoms with Gasteiger partial charge in [-0.3, -0.25) is 5.10 Å². The fourth-order valence-corrected chi connectivity index (χ4v) is 2.51. The maximum Gasteiger partial charge on any atom is 0.208 e. The average Bonchev–Trinajstić information content (AvgIpc) is 3.23. The van der Waals surface area contributed by atoms with Gasteiger partial charge in [0.15, 0.2) is 0 Å². The number of thioether (sulfide) groups is 1. The van der Waals surface area contributed by atoms with E-state index in [-0.39, 0.29) is 12.4 Å². The highest BCUT2D eigenvalue weighted by Crippen LogP contribution is 2.38. The van der Waals surface area contributed by atoms with E-state index in [0.717, 1.165) is 5.82 Å². The van der Waals surface area contributed by atoms with Crippen molar-refractivity contribution in [2.75, 3.05) is 12.4 Å². The van der Waals surface area contributed by atoms with Crippen LogP contribution in [-0.4, -0.2) is 38.8 Å². The Morgan fingerprint density at radius 1 is 1.38 bits per heavy atom. The number of ether oxygens (including phenoxy) is 1. The zero-order valence-corrected chi connectivity index (χ0v) is 12.1. The summed E-state index contributed by atoms with van der Waals surface area (Å²) < 4.78 is 18.1. The molecule has 112 valence electrons. The van der Waals surface area contributed by atoms with E-state index in [0.29, 0.717) is 22.6 Å². The summed E-state index contributed by atoms with van der Waals surface area (Å²) in [5.74, 6) is 2.15. The molecule has 1 aliphatic rings. The first-order valence-electron chi connectivity index (χ1n) is 6.82. The second-order valence-electron chi connectivity index (χ2n) is 5.01. The maximum atomic E-state index is 12.7. The number of aliphatic hydroxyl groups excluding tert-OH is 1. The van der Waals surface area contributed by atoms with E-state index in [4.69, 9.17) is 4.74 Å². The van der Waals surface area contributed by atoms with Crippen LogP contribution >= 0.6 is 11.8 Å². The van der Waals surface area contributed by atoms with E-state index in [2.05, 4.69) is 15.2 Å². The predicted octanol–water partition coefficient (Wildman–Crippen LogP) is 2.35. The van der Waals surface area contributed by atoms with Gasteiger partial charge in [-0.15, -0.1) is 5.10 Å². The monoisotopic (exact) mass is 309 g/mol. The van der Waals surface area contributed by atoms with Crippen molar-refractivity contribution in [2.24, 2.45) is 0 Å². The Labute approximate surface area is 125 Å². The van der Waals surface area contributed by atoms with Crippen LogP contribution in [0.1, 0.15) is 24.6 Å². The van der Waals surface area contributed by atoms with Crippen LogP contribution in [0.5, 0.6) is 5.75 Å². The summed E-state index contributed by atoms with van der Waals surface area (Å²) in [7, 11) is 0. The molecule has 1 heterocycles. The molecule has 0 aliphatic heterocycles. The van der Waals surface area contributed by atoms with Crippen LogP contribution in [0.2, 0.25) is 0 Å². The van der Waals surface area contributed by atoms with Gasteiger partial charge in [0.1, 0.15) is 24.0 Å². The molecule has 2 aromatic rings. The summed E-state index contributed by atoms with van der Waals surface area (Å²) in [5, 5.41) is 17.6. The van der Waals surface area contributed by atoms with Crippen LogP contribution in [0, 0.1) is 5.82 Å². The third-order valence-corrected chi connectivity index (χ3v) is 4.10. The first-order chi connectivity index (χ1) is 10.2. The van der Waals surface area contributed by atoms with Gasteiger partial charge in [-0.25, -0.2) is 9.37 Å². The van der Waals surface area contributed by atoms with Gasteiger partial charge in [0.25, 0.3) is 0 Å². The molecule has 2 N–H and O–H groups in total. The standard InChI is InChI=1S/C14H16FN3O2S/c15-10-3-5-12(6-4-10)20-7-11(19)8-21-14-16-13(17-18-14)9-1-2-9/h3-6,9,11,19H,1-2,7-8H2,(H,16,17,18). The highest BCUT2D eigenvalue weighted by molar-refractivity contribution is 7.99. The van der Waals surface area contributed by atoms with Gasteiger partial charge in [-0.05, 0) is 37.1 Å². The van der Waals surface area contributed by atoms with Crippen molar-refractivity contribution in [1.29, 1.82) is 0 Å². The van der Waals surface area contributed by atoms with Gasteiger partial charge in [0.05, 0.1) is 6.10 Å². The van der Waals surface area contributed by atoms with Gasteiger partial charge in [0.2, 0.25) is 5.16 Å². The number of H-pyrrole nitrogens is 1. The molecule has 1 aromatic carbocycles. The minimum atomic E-state index is -0.636. The first kappa shape index (κ1) is 14.3. The molecule has 0 saturated heterocycles. The molecule has 7 heteroatoms. The van der Waals surface area contributed by atoms with Crippen LogP contribution in [0.3, 0.4) is 0 Å². The molecule has 1 aliphatic carbocycles. The van der Waals surface area contributed by atoms with Crippen LogP contribution in [0.4, 0.5) is 4.39 Å². The molecule has 0 amide bonds. The zero-order valence-electron chi connectivity index (χ0n) is 11.3. The lowest BCUT2D eigenvalue weighted by molar-refractivity contribution is 0.126. The SMILES string of the molecule is OC(COc1ccc(F)cc1)CSc1n[nH]c(C2CC2)n1. The molecular weight excluding hydrogens is 293 g/mol. The minimum Gasteiger partial charge on any atom is -0.491 e. The molecule has 1 fully saturated rings. The van der Waals surface area contributed by atoms with Gasteiger partial charge in [-0.2, -0.15) is 0 Å². The second-order valence-corrected chi connectivity index (χ2v) is 5.99. The van der Waals surface area contributed by atoms with Crippen molar-refractivity contribution >= 4 is 11.8 Å². The fourth-order valence-electron chi connectivity index (χ4n) is 1.80. The number of aromatic nitrogens is 3. The van der Waals surface area contributed by atoms with E-state index < -0.39 is 6.10 Å². The first-order valence-corrected chi connectivity index (χ1v) is 7.81. The van der Waals surface area contributed by atoms with E-state index in [1.165, 1.54) is 48.9 Å². The van der Waals surface area contributed by atoms with Crippen molar-refractivity contribution in [3.63, 3.8) is 0 Å². The molecule has 3 rings (SSSR count). The van der Waals surface area contributed by atoms with Gasteiger partial charge >= 0.3 is 0 Å². The molecule has 1 saturated carbocycles. The quantitative estimate of drug-likeness (QED) is 0.768. The molecule has 21 heavy (non-hydrogen) atoms. The molecule has 0 bridgehead atoms. The predicted molar refractivity (Wildman–Crippen MR) is 77.0 cm³/mol. The number of aliphatic hydroxyl groups is 1. The molecule has 1 unspecified atom stereocenters. The summed E-state index contributed by atoms with van der Waals surface area (Å²) >= 11 is 1.39. The summed E-state index contributed by atoms with van der Waals surface area (Å²) in [6.45, 7) is 0.151. The number of hydrogen-bond donors (Lipinski definition) is 2. The molecule has 5 nitrogen and oxygen atoms in total. The molecular formula is C14H16FN3O2S. The second kappa shape index (κ2) is 6.44. The number of nitrogens with one attached hydrogen (secondary N) is 1. The number of hydrogen-bond acceptors (Lipinski definition) is 5. The number of rotatable bonds is 7. The molecule has 0 radical (unpaired) electrons. The Hall–Kier alpha value is -1.60. The van der Waals surface area contributed by atoms with Crippen molar-refractivity contribution < 1.29 is 14.2 Å². The largest absolute Gasteiger partial charge is 0.491 e. The zero-order chi connectivity index (χ0) is 14.7. The normalized spacial score (nSPS) is 15.9. The van der Waals surface area contributed by atoms with Crippen LogP contribution in [0.15, 0.2) is 29.4 Å². The molecule has 1 atom stereocenters. The summed E-state index contributed by atoms with van der Waals surface area (Å²) in [6.07, 6.45) is 1.71. The number of aromatic amines is 1. The fraction of sp³-hybridized carbons (Fsp3) is 0.429. The third-order valence-electron chi connectivity index (χ3n) is 3.11. The van der Waals surface area contributed by atoms with Gasteiger partial charge < -0.3 is 9.84 Å². The third kappa shape index (κ3) is 4.18. The van der Waals surface area contributed by atoms with Crippen LogP contribution in [0.25, 0.3) is 0 Å². The Balaban J connectivity index is 1.41. The summed E-state index contributed by atoms with van der Waals surface area (Å²) in [4.78, 5) is 4.37. The lowest BCUT2D eigenvalue weighted by atomic mass is 10.3.